The van der Waals surface area contributed by atoms with E-state index in [1.807, 2.05) is 0 Å². The SMILES string of the molecule is C=CCN(c1ccccc1)S(=O)(=O)c1ccc(Cl)c(C(=O)NNC(=O)c2cccc(S(=O)(=O)Nc3ccccc3OC)c2)c1. The number of methoxy groups -OCH3 is 1. The molecule has 0 heterocycles. The van der Waals surface area contributed by atoms with Gasteiger partial charge in [-0.25, -0.2) is 16.8 Å². The van der Waals surface area contributed by atoms with E-state index >= 15 is 0 Å². The zero-order valence-corrected chi connectivity index (χ0v) is 25.6. The van der Waals surface area contributed by atoms with Gasteiger partial charge in [-0.1, -0.05) is 54.1 Å². The number of carbonyl (C=O) groups excluding carboxylic acids is 2. The van der Waals surface area contributed by atoms with Crippen LogP contribution in [0.2, 0.25) is 5.02 Å². The molecule has 0 saturated carbocycles. The number of nitrogens with one attached hydrogen (secondary N) is 3. The number of benzene rings is 4. The van der Waals surface area contributed by atoms with E-state index in [9.17, 15) is 26.4 Å². The second-order valence-corrected chi connectivity index (χ2v) is 13.0. The van der Waals surface area contributed by atoms with Gasteiger partial charge in [0.05, 0.1) is 45.4 Å². The summed E-state index contributed by atoms with van der Waals surface area (Å²) < 4.78 is 61.7. The summed E-state index contributed by atoms with van der Waals surface area (Å²) in [6.45, 7) is 3.60. The van der Waals surface area contributed by atoms with Crippen LogP contribution in [-0.2, 0) is 20.0 Å². The second-order valence-electron chi connectivity index (χ2n) is 9.04. The van der Waals surface area contributed by atoms with Crippen LogP contribution in [0.1, 0.15) is 20.7 Å². The molecule has 4 rings (SSSR count). The summed E-state index contributed by atoms with van der Waals surface area (Å²) in [5, 5.41) is -0.0683. The Balaban J connectivity index is 1.51. The normalized spacial score (nSPS) is 11.2. The number of ether oxygens (including phenoxy) is 1. The Hall–Kier alpha value is -4.85. The van der Waals surface area contributed by atoms with E-state index in [-0.39, 0.29) is 38.2 Å². The molecular weight excluding hydrogens is 628 g/mol. The fourth-order valence-electron chi connectivity index (χ4n) is 4.01. The third-order valence-corrected chi connectivity index (χ3v) is 9.64. The zero-order chi connectivity index (χ0) is 31.9. The number of sulfonamides is 2. The van der Waals surface area contributed by atoms with E-state index in [1.165, 1.54) is 49.6 Å². The molecule has 228 valence electrons. The Morgan fingerprint density at radius 1 is 0.841 bits per heavy atom. The summed E-state index contributed by atoms with van der Waals surface area (Å²) in [6, 6.07) is 23.5. The summed E-state index contributed by atoms with van der Waals surface area (Å²) >= 11 is 6.21. The van der Waals surface area contributed by atoms with Gasteiger partial charge in [-0.05, 0) is 60.7 Å². The molecule has 0 saturated heterocycles. The molecule has 4 aromatic carbocycles. The van der Waals surface area contributed by atoms with Gasteiger partial charge in [-0.3, -0.25) is 29.5 Å². The molecule has 0 aliphatic rings. The number of nitrogens with zero attached hydrogens (tertiary/aromatic N) is 1. The largest absolute Gasteiger partial charge is 0.495 e. The second kappa shape index (κ2) is 13.6. The first kappa shape index (κ1) is 32.1. The molecule has 0 aliphatic heterocycles. The molecule has 44 heavy (non-hydrogen) atoms. The molecule has 0 spiro atoms. The molecule has 0 aromatic heterocycles. The minimum atomic E-state index is -4.14. The highest BCUT2D eigenvalue weighted by molar-refractivity contribution is 7.93. The summed E-state index contributed by atoms with van der Waals surface area (Å²) in [5.41, 5.74) is 4.66. The lowest BCUT2D eigenvalue weighted by atomic mass is 10.2. The predicted octanol–water partition coefficient (Wildman–Crippen LogP) is 4.61. The summed E-state index contributed by atoms with van der Waals surface area (Å²) in [5.74, 6) is -1.44. The van der Waals surface area contributed by atoms with Crippen molar-refractivity contribution in [1.29, 1.82) is 0 Å². The molecule has 2 amide bonds. The smallest absolute Gasteiger partial charge is 0.271 e. The molecule has 14 heteroatoms. The van der Waals surface area contributed by atoms with Crippen molar-refractivity contribution in [3.8, 4) is 5.75 Å². The van der Waals surface area contributed by atoms with Crippen molar-refractivity contribution < 1.29 is 31.2 Å². The first-order valence-electron chi connectivity index (χ1n) is 12.8. The summed E-state index contributed by atoms with van der Waals surface area (Å²) in [7, 11) is -6.86. The van der Waals surface area contributed by atoms with E-state index in [4.69, 9.17) is 16.3 Å². The van der Waals surface area contributed by atoms with Gasteiger partial charge in [-0.2, -0.15) is 0 Å². The summed E-state index contributed by atoms with van der Waals surface area (Å²) in [6.07, 6.45) is 1.43. The van der Waals surface area contributed by atoms with Crippen LogP contribution in [0.3, 0.4) is 0 Å². The Bertz CT molecular complexity index is 1920. The van der Waals surface area contributed by atoms with E-state index in [2.05, 4.69) is 22.2 Å². The molecule has 0 unspecified atom stereocenters. The van der Waals surface area contributed by atoms with Gasteiger partial charge in [-0.15, -0.1) is 6.58 Å². The highest BCUT2D eigenvalue weighted by Gasteiger charge is 2.26. The first-order valence-corrected chi connectivity index (χ1v) is 16.1. The standard InChI is InChI=1S/C30H27ClN4O7S2/c1-3-18-35(22-11-5-4-6-12-22)44(40,41)24-16-17-26(31)25(20-24)30(37)33-32-29(36)21-10-9-13-23(19-21)43(38,39)34-27-14-7-8-15-28(27)42-2/h3-17,19-20,34H,1,18H2,2H3,(H,32,36)(H,33,37). The maximum absolute atomic E-state index is 13.5. The van der Waals surface area contributed by atoms with Crippen molar-refractivity contribution in [2.24, 2.45) is 0 Å². The Kier molecular flexibility index (Phi) is 9.94. The van der Waals surface area contributed by atoms with E-state index < -0.39 is 31.9 Å². The van der Waals surface area contributed by atoms with Gasteiger partial charge in [0.25, 0.3) is 31.9 Å². The minimum absolute atomic E-state index is 0.0320. The van der Waals surface area contributed by atoms with Crippen LogP contribution in [0.4, 0.5) is 11.4 Å². The average molecular weight is 655 g/mol. The number of hydrogen-bond donors (Lipinski definition) is 3. The third-order valence-electron chi connectivity index (χ3n) is 6.16. The Morgan fingerprint density at radius 2 is 1.52 bits per heavy atom. The van der Waals surface area contributed by atoms with Crippen LogP contribution in [0.5, 0.6) is 5.75 Å². The number of rotatable bonds is 11. The molecule has 4 aromatic rings. The molecule has 0 bridgehead atoms. The molecule has 0 radical (unpaired) electrons. The van der Waals surface area contributed by atoms with Gasteiger partial charge in [0.1, 0.15) is 5.75 Å². The van der Waals surface area contributed by atoms with Crippen LogP contribution in [-0.4, -0.2) is 42.3 Å². The van der Waals surface area contributed by atoms with Crippen LogP contribution >= 0.6 is 11.6 Å². The van der Waals surface area contributed by atoms with Gasteiger partial charge < -0.3 is 4.74 Å². The minimum Gasteiger partial charge on any atom is -0.495 e. The lowest BCUT2D eigenvalue weighted by Gasteiger charge is -2.23. The van der Waals surface area contributed by atoms with E-state index in [0.717, 1.165) is 16.4 Å². The average Bonchev–Trinajstić information content (AvgIpc) is 3.03. The first-order chi connectivity index (χ1) is 21.0. The van der Waals surface area contributed by atoms with Gasteiger partial charge in [0.15, 0.2) is 0 Å². The maximum Gasteiger partial charge on any atom is 0.271 e. The van der Waals surface area contributed by atoms with Crippen molar-refractivity contribution in [3.05, 3.63) is 126 Å². The van der Waals surface area contributed by atoms with Crippen molar-refractivity contribution in [2.45, 2.75) is 9.79 Å². The fraction of sp³-hybridized carbons (Fsp3) is 0.0667. The Morgan fingerprint density at radius 3 is 2.23 bits per heavy atom. The molecule has 3 N–H and O–H groups in total. The number of anilines is 2. The predicted molar refractivity (Wildman–Crippen MR) is 168 cm³/mol. The number of hydrazine groups is 1. The van der Waals surface area contributed by atoms with Crippen molar-refractivity contribution in [1.82, 2.24) is 10.9 Å². The lowest BCUT2D eigenvalue weighted by Crippen LogP contribution is -2.42. The van der Waals surface area contributed by atoms with E-state index in [1.54, 1.807) is 48.5 Å². The monoisotopic (exact) mass is 654 g/mol. The van der Waals surface area contributed by atoms with Gasteiger partial charge >= 0.3 is 0 Å². The topological polar surface area (TPSA) is 151 Å². The van der Waals surface area contributed by atoms with Crippen molar-refractivity contribution >= 4 is 54.8 Å². The number of carbonyl (C=O) groups is 2. The molecule has 0 atom stereocenters. The third kappa shape index (κ3) is 7.19. The van der Waals surface area contributed by atoms with Crippen molar-refractivity contribution in [3.63, 3.8) is 0 Å². The lowest BCUT2D eigenvalue weighted by molar-refractivity contribution is 0.0846. The maximum atomic E-state index is 13.5. The molecule has 0 aliphatic carbocycles. The van der Waals surface area contributed by atoms with Crippen LogP contribution < -0.4 is 24.6 Å². The van der Waals surface area contributed by atoms with E-state index in [0.29, 0.717) is 11.4 Å². The van der Waals surface area contributed by atoms with Crippen molar-refractivity contribution in [2.75, 3.05) is 22.7 Å². The summed E-state index contributed by atoms with van der Waals surface area (Å²) in [4.78, 5) is 25.4. The number of halogens is 1. The van der Waals surface area contributed by atoms with Crippen LogP contribution in [0.15, 0.2) is 120 Å². The number of hydrogen-bond acceptors (Lipinski definition) is 7. The van der Waals surface area contributed by atoms with Crippen LogP contribution in [0.25, 0.3) is 0 Å². The van der Waals surface area contributed by atoms with Gasteiger partial charge in [0.2, 0.25) is 0 Å². The van der Waals surface area contributed by atoms with Gasteiger partial charge in [0, 0.05) is 5.56 Å². The van der Waals surface area contributed by atoms with Crippen LogP contribution in [0, 0.1) is 0 Å². The Labute approximate surface area is 260 Å². The quantitative estimate of drug-likeness (QED) is 0.158. The molecule has 0 fully saturated rings. The fourth-order valence-corrected chi connectivity index (χ4v) is 6.79. The highest BCUT2D eigenvalue weighted by atomic mass is 35.5. The molecule has 11 nitrogen and oxygen atoms in total. The number of para-hydroxylation sites is 3. The molecular formula is C30H27ClN4O7S2. The number of amides is 2. The highest BCUT2D eigenvalue weighted by Crippen LogP contribution is 2.28. The zero-order valence-electron chi connectivity index (χ0n) is 23.2.